The molecule has 2 rings (SSSR count). The SMILES string of the molecule is CCOC(=O)C(=Nc1ccc(Cl)cc1)c1cccn1C. The van der Waals surface area contributed by atoms with Crippen molar-refractivity contribution in [3.8, 4) is 0 Å². The van der Waals surface area contributed by atoms with Crippen molar-refractivity contribution in [3.63, 3.8) is 0 Å². The fourth-order valence-corrected chi connectivity index (χ4v) is 1.88. The molecule has 0 saturated heterocycles. The van der Waals surface area contributed by atoms with Crippen LogP contribution in [0.1, 0.15) is 12.6 Å². The number of hydrogen-bond acceptors (Lipinski definition) is 3. The number of aliphatic imine (C=N–C) groups is 1. The molecule has 0 aliphatic carbocycles. The number of benzene rings is 1. The van der Waals surface area contributed by atoms with Gasteiger partial charge in [-0.25, -0.2) is 9.79 Å². The van der Waals surface area contributed by atoms with Gasteiger partial charge in [-0.05, 0) is 43.3 Å². The highest BCUT2D eigenvalue weighted by Gasteiger charge is 2.17. The van der Waals surface area contributed by atoms with Crippen molar-refractivity contribution in [1.29, 1.82) is 0 Å². The molecular formula is C15H15ClN2O2. The Morgan fingerprint density at radius 1 is 1.30 bits per heavy atom. The summed E-state index contributed by atoms with van der Waals surface area (Å²) < 4.78 is 6.89. The van der Waals surface area contributed by atoms with E-state index in [4.69, 9.17) is 16.3 Å². The van der Waals surface area contributed by atoms with Gasteiger partial charge in [0.25, 0.3) is 0 Å². The first kappa shape index (κ1) is 14.3. The Morgan fingerprint density at radius 2 is 2.00 bits per heavy atom. The van der Waals surface area contributed by atoms with Gasteiger partial charge in [0.1, 0.15) is 0 Å². The maximum Gasteiger partial charge on any atom is 0.359 e. The van der Waals surface area contributed by atoms with E-state index in [1.807, 2.05) is 29.9 Å². The molecule has 4 nitrogen and oxygen atoms in total. The normalized spacial score (nSPS) is 11.4. The van der Waals surface area contributed by atoms with Crippen molar-refractivity contribution in [2.75, 3.05) is 6.61 Å². The van der Waals surface area contributed by atoms with E-state index in [0.29, 0.717) is 23.0 Å². The zero-order valence-corrected chi connectivity index (χ0v) is 12.1. The first-order chi connectivity index (χ1) is 9.61. The lowest BCUT2D eigenvalue weighted by atomic mass is 10.2. The maximum absolute atomic E-state index is 12.1. The molecule has 0 aliphatic heterocycles. The Morgan fingerprint density at radius 3 is 2.55 bits per heavy atom. The van der Waals surface area contributed by atoms with Crippen LogP contribution >= 0.6 is 11.6 Å². The van der Waals surface area contributed by atoms with E-state index in [0.717, 1.165) is 0 Å². The summed E-state index contributed by atoms with van der Waals surface area (Å²) in [6.45, 7) is 2.08. The monoisotopic (exact) mass is 290 g/mol. The summed E-state index contributed by atoms with van der Waals surface area (Å²) in [6.07, 6.45) is 1.85. The molecule has 5 heteroatoms. The van der Waals surface area contributed by atoms with E-state index >= 15 is 0 Å². The Bertz CT molecular complexity index is 630. The molecule has 1 aromatic carbocycles. The van der Waals surface area contributed by atoms with Gasteiger partial charge >= 0.3 is 5.97 Å². The van der Waals surface area contributed by atoms with Crippen LogP contribution in [0, 0.1) is 0 Å². The lowest BCUT2D eigenvalue weighted by Crippen LogP contribution is -2.21. The number of rotatable bonds is 4. The molecule has 0 saturated carbocycles. The van der Waals surface area contributed by atoms with Gasteiger partial charge in [0.15, 0.2) is 5.71 Å². The van der Waals surface area contributed by atoms with Crippen LogP contribution in [0.5, 0.6) is 0 Å². The molecule has 0 N–H and O–H groups in total. The second kappa shape index (κ2) is 6.39. The van der Waals surface area contributed by atoms with Crippen LogP contribution in [0.25, 0.3) is 0 Å². The van der Waals surface area contributed by atoms with Gasteiger partial charge in [-0.1, -0.05) is 11.6 Å². The fourth-order valence-electron chi connectivity index (χ4n) is 1.76. The number of esters is 1. The number of hydrogen-bond donors (Lipinski definition) is 0. The average Bonchev–Trinajstić information content (AvgIpc) is 2.84. The van der Waals surface area contributed by atoms with Crippen molar-refractivity contribution in [2.24, 2.45) is 12.0 Å². The van der Waals surface area contributed by atoms with E-state index in [-0.39, 0.29) is 5.71 Å². The Balaban J connectivity index is 2.43. The van der Waals surface area contributed by atoms with E-state index in [1.165, 1.54) is 0 Å². The van der Waals surface area contributed by atoms with Gasteiger partial charge in [-0.3, -0.25) is 0 Å². The minimum absolute atomic E-state index is 0.279. The molecule has 1 aromatic heterocycles. The van der Waals surface area contributed by atoms with Crippen molar-refractivity contribution >= 4 is 29.0 Å². The number of aryl methyl sites for hydroxylation is 1. The minimum atomic E-state index is -0.441. The van der Waals surface area contributed by atoms with Crippen molar-refractivity contribution < 1.29 is 9.53 Å². The van der Waals surface area contributed by atoms with Crippen molar-refractivity contribution in [1.82, 2.24) is 4.57 Å². The van der Waals surface area contributed by atoms with Crippen LogP contribution in [0.4, 0.5) is 5.69 Å². The number of carbonyl (C=O) groups excluding carboxylic acids is 1. The van der Waals surface area contributed by atoms with Crippen LogP contribution in [-0.4, -0.2) is 22.9 Å². The highest BCUT2D eigenvalue weighted by molar-refractivity contribution is 6.43. The van der Waals surface area contributed by atoms with E-state index in [9.17, 15) is 4.79 Å². The Labute approximate surface area is 122 Å². The largest absolute Gasteiger partial charge is 0.461 e. The van der Waals surface area contributed by atoms with Gasteiger partial charge in [-0.15, -0.1) is 0 Å². The molecule has 0 aliphatic rings. The highest BCUT2D eigenvalue weighted by atomic mass is 35.5. The summed E-state index contributed by atoms with van der Waals surface area (Å²) in [5.74, 6) is -0.441. The molecule has 0 bridgehead atoms. The predicted molar refractivity (Wildman–Crippen MR) is 79.7 cm³/mol. The summed E-state index contributed by atoms with van der Waals surface area (Å²) in [5.41, 5.74) is 1.64. The molecule has 0 amide bonds. The van der Waals surface area contributed by atoms with Crippen LogP contribution in [0.2, 0.25) is 5.02 Å². The van der Waals surface area contributed by atoms with Gasteiger partial charge < -0.3 is 9.30 Å². The third-order valence-corrected chi connectivity index (χ3v) is 2.97. The lowest BCUT2D eigenvalue weighted by Gasteiger charge is -2.07. The molecular weight excluding hydrogens is 276 g/mol. The van der Waals surface area contributed by atoms with E-state index in [1.54, 1.807) is 31.2 Å². The molecule has 0 atom stereocenters. The predicted octanol–water partition coefficient (Wildman–Crippen LogP) is 3.36. The second-order valence-electron chi connectivity index (χ2n) is 4.16. The zero-order chi connectivity index (χ0) is 14.5. The third-order valence-electron chi connectivity index (χ3n) is 2.72. The quantitative estimate of drug-likeness (QED) is 0.640. The summed E-state index contributed by atoms with van der Waals surface area (Å²) in [4.78, 5) is 16.5. The standard InChI is InChI=1S/C15H15ClN2O2/c1-3-20-15(19)14(13-5-4-10-18(13)2)17-12-8-6-11(16)7-9-12/h4-10H,3H2,1-2H3. The molecule has 1 heterocycles. The summed E-state index contributed by atoms with van der Waals surface area (Å²) in [6, 6.07) is 10.6. The fraction of sp³-hybridized carbons (Fsp3) is 0.200. The van der Waals surface area contributed by atoms with Gasteiger partial charge in [0.2, 0.25) is 0 Å². The van der Waals surface area contributed by atoms with Crippen molar-refractivity contribution in [3.05, 3.63) is 53.3 Å². The molecule has 104 valence electrons. The summed E-state index contributed by atoms with van der Waals surface area (Å²) in [7, 11) is 1.85. The topological polar surface area (TPSA) is 43.6 Å². The van der Waals surface area contributed by atoms with Crippen LogP contribution in [0.15, 0.2) is 47.6 Å². The molecule has 20 heavy (non-hydrogen) atoms. The van der Waals surface area contributed by atoms with Gasteiger partial charge in [0.05, 0.1) is 18.0 Å². The molecule has 0 fully saturated rings. The number of halogens is 1. The number of ether oxygens (including phenoxy) is 1. The highest BCUT2D eigenvalue weighted by Crippen LogP contribution is 2.18. The molecule has 0 radical (unpaired) electrons. The minimum Gasteiger partial charge on any atom is -0.461 e. The van der Waals surface area contributed by atoms with Crippen LogP contribution < -0.4 is 0 Å². The smallest absolute Gasteiger partial charge is 0.359 e. The third kappa shape index (κ3) is 3.27. The number of carbonyl (C=O) groups is 1. The maximum atomic E-state index is 12.1. The van der Waals surface area contributed by atoms with Crippen molar-refractivity contribution in [2.45, 2.75) is 6.92 Å². The Hall–Kier alpha value is -2.07. The Kier molecular flexibility index (Phi) is 4.58. The number of aromatic nitrogens is 1. The summed E-state index contributed by atoms with van der Waals surface area (Å²) >= 11 is 5.84. The van der Waals surface area contributed by atoms with Gasteiger partial charge in [0, 0.05) is 18.3 Å². The average molecular weight is 291 g/mol. The lowest BCUT2D eigenvalue weighted by molar-refractivity contribution is -0.134. The van der Waals surface area contributed by atoms with Crippen LogP contribution in [-0.2, 0) is 16.6 Å². The second-order valence-corrected chi connectivity index (χ2v) is 4.60. The van der Waals surface area contributed by atoms with E-state index < -0.39 is 5.97 Å². The summed E-state index contributed by atoms with van der Waals surface area (Å²) in [5, 5.41) is 0.625. The molecule has 0 unspecified atom stereocenters. The molecule has 0 spiro atoms. The van der Waals surface area contributed by atoms with Gasteiger partial charge in [-0.2, -0.15) is 0 Å². The first-order valence-electron chi connectivity index (χ1n) is 6.25. The number of nitrogens with zero attached hydrogens (tertiary/aromatic N) is 2. The molecule has 2 aromatic rings. The zero-order valence-electron chi connectivity index (χ0n) is 11.3. The van der Waals surface area contributed by atoms with E-state index in [2.05, 4.69) is 4.99 Å². The van der Waals surface area contributed by atoms with Crippen LogP contribution in [0.3, 0.4) is 0 Å². The first-order valence-corrected chi connectivity index (χ1v) is 6.62.